The second-order valence-electron chi connectivity index (χ2n) is 7.73. The van der Waals surface area contributed by atoms with E-state index in [2.05, 4.69) is 10.1 Å². The lowest BCUT2D eigenvalue weighted by Gasteiger charge is -2.20. The molecular formula is C25H20ClN5O2S. The van der Waals surface area contributed by atoms with Gasteiger partial charge in [-0.3, -0.25) is 10.2 Å². The first-order chi connectivity index (χ1) is 16.4. The number of carbonyl (C=O) groups is 1. The molecule has 2 aliphatic rings. The normalized spacial score (nSPS) is 16.6. The Morgan fingerprint density at radius 3 is 2.62 bits per heavy atom. The lowest BCUT2D eigenvalue weighted by atomic mass is 10.1. The monoisotopic (exact) mass is 489 g/mol. The van der Waals surface area contributed by atoms with Crippen LogP contribution in [0.1, 0.15) is 17.0 Å². The number of fused-ring (bicyclic) bond motifs is 1. The number of carbonyl (C=O) groups excluding carboxylic acids is 1. The minimum absolute atomic E-state index is 0.0141. The number of halogens is 1. The van der Waals surface area contributed by atoms with Crippen molar-refractivity contribution < 1.29 is 9.53 Å². The van der Waals surface area contributed by atoms with Gasteiger partial charge in [0.2, 0.25) is 5.17 Å². The number of aliphatic imine (C=N–C) groups is 1. The van der Waals surface area contributed by atoms with Crippen LogP contribution in [0.15, 0.2) is 76.3 Å². The smallest absolute Gasteiger partial charge is 0.283 e. The molecule has 0 saturated carbocycles. The Bertz CT molecular complexity index is 1410. The second-order valence-corrected chi connectivity index (χ2v) is 9.18. The lowest BCUT2D eigenvalue weighted by molar-refractivity contribution is -0.114. The third kappa shape index (κ3) is 4.06. The van der Waals surface area contributed by atoms with Crippen molar-refractivity contribution in [3.05, 3.63) is 88.2 Å². The average Bonchev–Trinajstić information content (AvgIpc) is 3.36. The van der Waals surface area contributed by atoms with Gasteiger partial charge in [-0.2, -0.15) is 15.1 Å². The number of hydrogen-bond acceptors (Lipinski definition) is 5. The molecule has 1 amide bonds. The molecule has 9 heteroatoms. The molecule has 7 nitrogen and oxygen atoms in total. The molecule has 0 atom stereocenters. The van der Waals surface area contributed by atoms with Crippen LogP contribution in [-0.2, 0) is 4.79 Å². The van der Waals surface area contributed by atoms with Crippen LogP contribution in [0, 0.1) is 19.3 Å². The van der Waals surface area contributed by atoms with Gasteiger partial charge in [-0.15, -0.1) is 0 Å². The van der Waals surface area contributed by atoms with Crippen LogP contribution in [0.2, 0.25) is 5.02 Å². The Morgan fingerprint density at radius 1 is 1.12 bits per heavy atom. The first-order valence-corrected chi connectivity index (χ1v) is 11.7. The fourth-order valence-corrected chi connectivity index (χ4v) is 4.86. The molecule has 0 saturated heterocycles. The quantitative estimate of drug-likeness (QED) is 0.483. The number of aryl methyl sites for hydroxylation is 1. The fourth-order valence-electron chi connectivity index (χ4n) is 3.84. The maximum Gasteiger partial charge on any atom is 0.283 e. The van der Waals surface area contributed by atoms with Gasteiger partial charge < -0.3 is 9.30 Å². The van der Waals surface area contributed by atoms with E-state index in [9.17, 15) is 4.79 Å². The van der Waals surface area contributed by atoms with Crippen LogP contribution in [0.25, 0.3) is 11.8 Å². The van der Waals surface area contributed by atoms with Gasteiger partial charge >= 0.3 is 0 Å². The molecule has 0 bridgehead atoms. The van der Waals surface area contributed by atoms with E-state index in [0.29, 0.717) is 15.2 Å². The molecule has 1 N–H and O–H groups in total. The van der Waals surface area contributed by atoms with Gasteiger partial charge in [-0.05, 0) is 67.6 Å². The zero-order valence-corrected chi connectivity index (χ0v) is 20.0. The molecule has 0 fully saturated rings. The first kappa shape index (κ1) is 22.2. The molecule has 0 aliphatic carbocycles. The highest BCUT2D eigenvalue weighted by Gasteiger charge is 2.36. The molecule has 3 aromatic rings. The summed E-state index contributed by atoms with van der Waals surface area (Å²) in [6.07, 6.45) is 1.69. The van der Waals surface area contributed by atoms with Crippen LogP contribution in [0.3, 0.4) is 0 Å². The second kappa shape index (κ2) is 8.96. The maximum absolute atomic E-state index is 12.8. The van der Waals surface area contributed by atoms with Crippen LogP contribution in [0.5, 0.6) is 5.75 Å². The van der Waals surface area contributed by atoms with Crippen molar-refractivity contribution >= 4 is 51.4 Å². The van der Waals surface area contributed by atoms with E-state index in [4.69, 9.17) is 21.7 Å². The lowest BCUT2D eigenvalue weighted by Crippen LogP contribution is -2.35. The largest absolute Gasteiger partial charge is 0.487 e. The molecule has 2 aromatic carbocycles. The van der Waals surface area contributed by atoms with Crippen LogP contribution < -0.4 is 4.74 Å². The van der Waals surface area contributed by atoms with E-state index in [1.165, 1.54) is 16.8 Å². The summed E-state index contributed by atoms with van der Waals surface area (Å²) in [5.41, 5.74) is 3.72. The number of benzene rings is 2. The highest BCUT2D eigenvalue weighted by Crippen LogP contribution is 2.31. The van der Waals surface area contributed by atoms with E-state index in [0.717, 1.165) is 28.4 Å². The number of para-hydroxylation sites is 2. The molecule has 3 heterocycles. The van der Waals surface area contributed by atoms with Gasteiger partial charge in [0, 0.05) is 11.4 Å². The number of rotatable bonds is 5. The van der Waals surface area contributed by atoms with Gasteiger partial charge in [-0.1, -0.05) is 41.9 Å². The number of thioether (sulfide) groups is 1. The predicted molar refractivity (Wildman–Crippen MR) is 137 cm³/mol. The topological polar surface area (TPSA) is 83.0 Å². The zero-order chi connectivity index (χ0) is 23.8. The third-order valence-electron chi connectivity index (χ3n) is 5.47. The molecule has 0 spiro atoms. The Labute approximate surface area is 205 Å². The Morgan fingerprint density at radius 2 is 1.85 bits per heavy atom. The Kier molecular flexibility index (Phi) is 5.85. The predicted octanol–water partition coefficient (Wildman–Crippen LogP) is 5.45. The third-order valence-corrected chi connectivity index (χ3v) is 6.67. The van der Waals surface area contributed by atoms with E-state index in [-0.39, 0.29) is 18.0 Å². The molecule has 170 valence electrons. The number of hydrazone groups is 1. The number of aromatic nitrogens is 1. The van der Waals surface area contributed by atoms with E-state index < -0.39 is 5.91 Å². The number of ether oxygens (including phenoxy) is 1. The average molecular weight is 490 g/mol. The van der Waals surface area contributed by atoms with Gasteiger partial charge in [0.25, 0.3) is 5.91 Å². The highest BCUT2D eigenvalue weighted by atomic mass is 35.5. The molecular weight excluding hydrogens is 470 g/mol. The van der Waals surface area contributed by atoms with Gasteiger partial charge in [0.1, 0.15) is 17.4 Å². The van der Waals surface area contributed by atoms with Gasteiger partial charge in [0.15, 0.2) is 5.84 Å². The summed E-state index contributed by atoms with van der Waals surface area (Å²) in [4.78, 5) is 17.0. The molecule has 34 heavy (non-hydrogen) atoms. The van der Waals surface area contributed by atoms with Crippen molar-refractivity contribution in [1.82, 2.24) is 9.58 Å². The van der Waals surface area contributed by atoms with Crippen LogP contribution >= 0.6 is 23.4 Å². The number of amides is 1. The Hall–Kier alpha value is -3.62. The summed E-state index contributed by atoms with van der Waals surface area (Å²) in [7, 11) is 0. The number of hydrogen-bond donors (Lipinski definition) is 1. The SMILES string of the molecule is Cc1cc(C=C2C(=N)N3N=C(COc4ccccc4)SC3=NC2=O)c(C)n1-c1ccccc1Cl. The summed E-state index contributed by atoms with van der Waals surface area (Å²) in [5, 5.41) is 16.1. The summed E-state index contributed by atoms with van der Waals surface area (Å²) >= 11 is 7.64. The molecule has 2 aliphatic heterocycles. The van der Waals surface area contributed by atoms with Gasteiger partial charge in [0.05, 0.1) is 16.3 Å². The number of amidine groups is 2. The van der Waals surface area contributed by atoms with Crippen LogP contribution in [0.4, 0.5) is 0 Å². The number of nitrogens with zero attached hydrogens (tertiary/aromatic N) is 4. The van der Waals surface area contributed by atoms with Gasteiger partial charge in [-0.25, -0.2) is 0 Å². The van der Waals surface area contributed by atoms with Crippen molar-refractivity contribution in [2.45, 2.75) is 13.8 Å². The van der Waals surface area contributed by atoms with Crippen molar-refractivity contribution in [3.63, 3.8) is 0 Å². The van der Waals surface area contributed by atoms with Crippen LogP contribution in [-0.4, -0.2) is 38.1 Å². The number of nitrogens with one attached hydrogen (secondary N) is 1. The Balaban J connectivity index is 1.42. The molecule has 0 radical (unpaired) electrons. The molecule has 5 rings (SSSR count). The fraction of sp³-hybridized carbons (Fsp3) is 0.120. The standard InChI is InChI=1S/C25H20ClN5O2S/c1-15-12-17(16(2)30(15)21-11-7-6-10-20(21)26)13-19-23(27)31-25(28-24(19)32)34-22(29-31)14-33-18-8-4-3-5-9-18/h3-13,27H,14H2,1-2H3. The summed E-state index contributed by atoms with van der Waals surface area (Å²) in [5.74, 6) is 0.240. The molecule has 0 unspecified atom stereocenters. The van der Waals surface area contributed by atoms with E-state index in [1.807, 2.05) is 79.1 Å². The first-order valence-electron chi connectivity index (χ1n) is 10.5. The summed E-state index contributed by atoms with van der Waals surface area (Å²) in [6.45, 7) is 4.16. The van der Waals surface area contributed by atoms with E-state index >= 15 is 0 Å². The summed E-state index contributed by atoms with van der Waals surface area (Å²) in [6, 6.07) is 19.0. The van der Waals surface area contributed by atoms with Crippen molar-refractivity contribution in [2.75, 3.05) is 6.61 Å². The minimum Gasteiger partial charge on any atom is -0.487 e. The maximum atomic E-state index is 12.8. The highest BCUT2D eigenvalue weighted by molar-refractivity contribution is 8.27. The van der Waals surface area contributed by atoms with Crippen molar-refractivity contribution in [3.8, 4) is 11.4 Å². The van der Waals surface area contributed by atoms with E-state index in [1.54, 1.807) is 6.08 Å². The van der Waals surface area contributed by atoms with Crippen molar-refractivity contribution in [2.24, 2.45) is 10.1 Å². The molecule has 1 aromatic heterocycles. The zero-order valence-electron chi connectivity index (χ0n) is 18.4. The summed E-state index contributed by atoms with van der Waals surface area (Å²) < 4.78 is 7.78. The minimum atomic E-state index is -0.466. The van der Waals surface area contributed by atoms with Crippen molar-refractivity contribution in [1.29, 1.82) is 5.41 Å².